The van der Waals surface area contributed by atoms with Crippen LogP contribution in [0.2, 0.25) is 0 Å². The lowest BCUT2D eigenvalue weighted by Crippen LogP contribution is -2.36. The molecule has 0 saturated heterocycles. The Morgan fingerprint density at radius 3 is 2.05 bits per heavy atom. The van der Waals surface area contributed by atoms with Gasteiger partial charge < -0.3 is 9.29 Å². The summed E-state index contributed by atoms with van der Waals surface area (Å²) in [6.45, 7) is 6.79. The van der Waals surface area contributed by atoms with Crippen molar-refractivity contribution in [2.45, 2.75) is 32.2 Å². The number of para-hydroxylation sites is 2. The minimum Gasteiger partial charge on any atom is -0.726 e. The lowest BCUT2D eigenvalue weighted by atomic mass is 9.81. The molecule has 0 amide bonds. The Balaban J connectivity index is 0.000000480. The molecule has 0 saturated carbocycles. The highest BCUT2D eigenvalue weighted by atomic mass is 32.3. The third kappa shape index (κ3) is 5.02. The molecule has 0 aliphatic carbocycles. The molecule has 0 spiro atoms. The molecule has 2 heterocycles. The van der Waals surface area contributed by atoms with Gasteiger partial charge in [-0.2, -0.15) is 9.67 Å². The Kier molecular flexibility index (Phi) is 7.23. The Morgan fingerprint density at radius 2 is 1.54 bits per heavy atom. The second kappa shape index (κ2) is 10.1. The van der Waals surface area contributed by atoms with Crippen molar-refractivity contribution in [1.29, 1.82) is 0 Å². The molecule has 194 valence electrons. The minimum atomic E-state index is -4.41. The maximum Gasteiger partial charge on any atom is 0.217 e. The number of anilines is 1. The first-order valence-electron chi connectivity index (χ1n) is 11.8. The van der Waals surface area contributed by atoms with Crippen molar-refractivity contribution < 1.29 is 26.5 Å². The van der Waals surface area contributed by atoms with E-state index in [0.29, 0.717) is 0 Å². The molecule has 0 bridgehead atoms. The second-order valence-electron chi connectivity index (χ2n) is 9.45. The number of hydrogen-bond donors (Lipinski definition) is 0. The molecular weight excluding hydrogens is 490 g/mol. The lowest BCUT2D eigenvalue weighted by Gasteiger charge is -2.28. The van der Waals surface area contributed by atoms with E-state index in [1.165, 1.54) is 27.4 Å². The van der Waals surface area contributed by atoms with Crippen LogP contribution < -0.4 is 14.3 Å². The molecule has 5 rings (SSSR count). The highest BCUT2D eigenvalue weighted by Crippen LogP contribution is 2.46. The van der Waals surface area contributed by atoms with E-state index in [4.69, 9.17) is 9.84 Å². The quantitative estimate of drug-likeness (QED) is 0.130. The first kappa shape index (κ1) is 26.5. The van der Waals surface area contributed by atoms with Gasteiger partial charge in [-0.1, -0.05) is 38.1 Å². The third-order valence-electron chi connectivity index (χ3n) is 7.18. The average Bonchev–Trinajstić information content (AvgIpc) is 3.08. The highest BCUT2D eigenvalue weighted by Gasteiger charge is 2.42. The Morgan fingerprint density at radius 1 is 1.00 bits per heavy atom. The van der Waals surface area contributed by atoms with E-state index in [1.54, 1.807) is 7.11 Å². The molecule has 1 atom stereocenters. The molecule has 3 aromatic carbocycles. The molecule has 0 radical (unpaired) electrons. The summed E-state index contributed by atoms with van der Waals surface area (Å²) in [7, 11) is 0.238. The fraction of sp³-hybridized carbons (Fsp3) is 0.286. The molecule has 1 aromatic heterocycles. The van der Waals surface area contributed by atoms with Gasteiger partial charge in [0.05, 0.1) is 42.9 Å². The molecule has 9 heteroatoms. The van der Waals surface area contributed by atoms with Gasteiger partial charge in [-0.25, -0.2) is 8.42 Å². The number of ether oxygens (including phenoxy) is 1. The largest absolute Gasteiger partial charge is 0.726 e. The lowest BCUT2D eigenvalue weighted by molar-refractivity contribution is -0.617. The van der Waals surface area contributed by atoms with E-state index in [1.807, 2.05) is 12.3 Å². The summed E-state index contributed by atoms with van der Waals surface area (Å²) in [5.41, 5.74) is 5.92. The van der Waals surface area contributed by atoms with Gasteiger partial charge >= 0.3 is 0 Å². The second-order valence-corrected chi connectivity index (χ2v) is 10.6. The van der Waals surface area contributed by atoms with Gasteiger partial charge in [0.25, 0.3) is 0 Å². The summed E-state index contributed by atoms with van der Waals surface area (Å²) in [6, 6.07) is 23.6. The predicted molar refractivity (Wildman–Crippen MR) is 145 cm³/mol. The van der Waals surface area contributed by atoms with Crippen molar-refractivity contribution in [2.75, 3.05) is 19.2 Å². The summed E-state index contributed by atoms with van der Waals surface area (Å²) in [4.78, 5) is 0. The minimum absolute atomic E-state index is 0.0333. The van der Waals surface area contributed by atoms with Crippen molar-refractivity contribution in [2.24, 2.45) is 12.1 Å². The van der Waals surface area contributed by atoms with Gasteiger partial charge in [0.2, 0.25) is 21.4 Å². The molecule has 0 N–H and O–H groups in total. The first-order chi connectivity index (χ1) is 17.5. The summed E-state index contributed by atoms with van der Waals surface area (Å²) in [6.07, 6.45) is 2.04. The number of hydrazone groups is 1. The number of rotatable bonds is 4. The molecule has 8 nitrogen and oxygen atoms in total. The number of hydrogen-bond acceptors (Lipinski definition) is 7. The zero-order chi connectivity index (χ0) is 27.0. The van der Waals surface area contributed by atoms with Gasteiger partial charge in [-0.3, -0.25) is 9.19 Å². The number of fused-ring (bicyclic) bond motifs is 3. The van der Waals surface area contributed by atoms with Crippen LogP contribution in [0.15, 0.2) is 71.8 Å². The van der Waals surface area contributed by atoms with Crippen LogP contribution in [-0.2, 0) is 27.0 Å². The molecule has 1 unspecified atom stereocenters. The number of aromatic nitrogens is 1. The normalized spacial score (nSPS) is 16.6. The van der Waals surface area contributed by atoms with E-state index in [2.05, 4.69) is 102 Å². The van der Waals surface area contributed by atoms with Gasteiger partial charge in [-0.15, -0.1) is 0 Å². The van der Waals surface area contributed by atoms with Crippen LogP contribution in [0.25, 0.3) is 21.8 Å². The highest BCUT2D eigenvalue weighted by molar-refractivity contribution is 7.80. The van der Waals surface area contributed by atoms with Crippen molar-refractivity contribution >= 4 is 44.1 Å². The Bertz CT molecular complexity index is 1540. The third-order valence-corrected chi connectivity index (χ3v) is 7.59. The molecular formula is C28H31N3O5S. The number of benzene rings is 3. The van der Waals surface area contributed by atoms with E-state index in [-0.39, 0.29) is 11.5 Å². The topological polar surface area (TPSA) is 95.1 Å². The van der Waals surface area contributed by atoms with Gasteiger partial charge in [0.1, 0.15) is 12.8 Å². The average molecular weight is 522 g/mol. The van der Waals surface area contributed by atoms with Crippen molar-refractivity contribution in [1.82, 2.24) is 0 Å². The number of methoxy groups -OCH3 is 1. The van der Waals surface area contributed by atoms with Crippen LogP contribution in [0.3, 0.4) is 0 Å². The van der Waals surface area contributed by atoms with E-state index >= 15 is 0 Å². The van der Waals surface area contributed by atoms with Crippen LogP contribution in [0.4, 0.5) is 5.69 Å². The predicted octanol–water partition coefficient (Wildman–Crippen LogP) is 4.44. The van der Waals surface area contributed by atoms with Gasteiger partial charge in [-0.05, 0) is 42.8 Å². The van der Waals surface area contributed by atoms with Crippen LogP contribution in [0.1, 0.15) is 31.9 Å². The summed E-state index contributed by atoms with van der Waals surface area (Å²) < 4.78 is 38.8. The molecule has 0 fully saturated rings. The smallest absolute Gasteiger partial charge is 0.217 e. The summed E-state index contributed by atoms with van der Waals surface area (Å²) in [5, 5.41) is 9.62. The first-order valence-corrected chi connectivity index (χ1v) is 13.2. The molecule has 4 aromatic rings. The fourth-order valence-corrected chi connectivity index (χ4v) is 4.78. The zero-order valence-electron chi connectivity index (χ0n) is 21.8. The maximum absolute atomic E-state index is 9.22. The summed E-state index contributed by atoms with van der Waals surface area (Å²) >= 11 is 0. The van der Waals surface area contributed by atoms with Crippen LogP contribution in [-0.4, -0.2) is 39.4 Å². The summed E-state index contributed by atoms with van der Waals surface area (Å²) in [5.74, 6) is 0.886. The van der Waals surface area contributed by atoms with Crippen LogP contribution in [0.5, 0.6) is 5.75 Å². The number of aryl methyl sites for hydroxylation is 1. The molecule has 1 aliphatic heterocycles. The van der Waals surface area contributed by atoms with Crippen molar-refractivity contribution in [3.8, 4) is 5.75 Å². The number of pyridine rings is 1. The number of nitrogens with zero attached hydrogens (tertiary/aromatic N) is 3. The standard InChI is InChI=1S/C27H28N3O.CH4O4S/c1-18-27(2,3)23-16-19(31-5)14-15-26(23)30(18)28-17-22-20-10-6-8-12-24(20)29(4)25-13-9-7-11-21(22)25;1-5-6(2,3)4/h6-18H,1-5H3;1H3,(H,2,3,4)/q+1;/p-1. The van der Waals surface area contributed by atoms with Crippen LogP contribution in [0, 0.1) is 0 Å². The van der Waals surface area contributed by atoms with E-state index < -0.39 is 10.4 Å². The molecule has 37 heavy (non-hydrogen) atoms. The van der Waals surface area contributed by atoms with Crippen molar-refractivity contribution in [3.63, 3.8) is 0 Å². The Hall–Kier alpha value is -3.53. The van der Waals surface area contributed by atoms with Crippen molar-refractivity contribution in [3.05, 3.63) is 77.9 Å². The maximum atomic E-state index is 9.22. The fourth-order valence-electron chi connectivity index (χ4n) is 4.78. The zero-order valence-corrected chi connectivity index (χ0v) is 22.6. The van der Waals surface area contributed by atoms with Gasteiger partial charge in [0, 0.05) is 23.1 Å². The monoisotopic (exact) mass is 521 g/mol. The Labute approximate surface area is 217 Å². The van der Waals surface area contributed by atoms with Gasteiger partial charge in [0.15, 0.2) is 0 Å². The van der Waals surface area contributed by atoms with E-state index in [9.17, 15) is 13.0 Å². The van der Waals surface area contributed by atoms with Crippen LogP contribution >= 0.6 is 0 Å². The SMILES string of the molecule is COS(=O)(=O)[O-].COc1ccc2c(c1)C(C)(C)C(C)N2/N=C/c1c2ccccc2[n+](C)c2ccccc12. The molecule has 1 aliphatic rings. The van der Waals surface area contributed by atoms with E-state index in [0.717, 1.165) is 24.1 Å².